The first-order valence-corrected chi connectivity index (χ1v) is 12.1. The topological polar surface area (TPSA) is 81.9 Å². The van der Waals surface area contributed by atoms with Crippen molar-refractivity contribution in [2.24, 2.45) is 5.10 Å². The van der Waals surface area contributed by atoms with Crippen LogP contribution in [-0.2, 0) is 0 Å². The number of esters is 1. The molecule has 1 heterocycles. The zero-order chi connectivity index (χ0) is 26.2. The molecule has 1 amide bonds. The number of hydrogen-bond acceptors (Lipinski definition) is 5. The Kier molecular flexibility index (Phi) is 8.15. The average molecular weight is 496 g/mol. The van der Waals surface area contributed by atoms with Crippen molar-refractivity contribution in [3.63, 3.8) is 0 Å². The number of nitrogens with one attached hydrogen (secondary N) is 1. The first-order chi connectivity index (χ1) is 17.9. The van der Waals surface area contributed by atoms with Crippen LogP contribution in [0, 0.1) is 13.8 Å². The van der Waals surface area contributed by atoms with Gasteiger partial charge in [-0.3, -0.25) is 4.79 Å². The van der Waals surface area contributed by atoms with Crippen LogP contribution in [0.15, 0.2) is 90.0 Å². The number of nitrogens with zero attached hydrogens (tertiary/aromatic N) is 2. The zero-order valence-electron chi connectivity index (χ0n) is 21.1. The predicted molar refractivity (Wildman–Crippen MR) is 144 cm³/mol. The summed E-state index contributed by atoms with van der Waals surface area (Å²) in [6, 6.07) is 25.2. The van der Waals surface area contributed by atoms with Crippen LogP contribution in [0.5, 0.6) is 11.5 Å². The summed E-state index contributed by atoms with van der Waals surface area (Å²) in [5.41, 5.74) is 7.49. The molecule has 7 heteroatoms. The Bertz CT molecular complexity index is 1370. The number of hydrogen-bond donors (Lipinski definition) is 1. The molecular formula is C30H29N3O4. The maximum absolute atomic E-state index is 12.5. The minimum absolute atomic E-state index is 0.305. The quantitative estimate of drug-likeness (QED) is 0.136. The van der Waals surface area contributed by atoms with Crippen LogP contribution in [0.3, 0.4) is 0 Å². The lowest BCUT2D eigenvalue weighted by Gasteiger charge is -2.10. The summed E-state index contributed by atoms with van der Waals surface area (Å²) < 4.78 is 13.1. The lowest BCUT2D eigenvalue weighted by atomic mass is 10.2. The van der Waals surface area contributed by atoms with Crippen LogP contribution in [0.1, 0.15) is 51.0 Å². The van der Waals surface area contributed by atoms with E-state index in [9.17, 15) is 9.59 Å². The van der Waals surface area contributed by atoms with E-state index in [1.165, 1.54) is 6.21 Å². The molecule has 0 bridgehead atoms. The van der Waals surface area contributed by atoms with Crippen LogP contribution in [0.4, 0.5) is 0 Å². The number of hydrazone groups is 1. The van der Waals surface area contributed by atoms with Gasteiger partial charge in [0.15, 0.2) is 0 Å². The van der Waals surface area contributed by atoms with Crippen LogP contribution in [0.25, 0.3) is 5.69 Å². The van der Waals surface area contributed by atoms with E-state index in [0.717, 1.165) is 29.1 Å². The van der Waals surface area contributed by atoms with E-state index >= 15 is 0 Å². The van der Waals surface area contributed by atoms with Gasteiger partial charge in [-0.25, -0.2) is 10.2 Å². The third kappa shape index (κ3) is 6.52. The predicted octanol–water partition coefficient (Wildman–Crippen LogP) is 5.87. The molecule has 0 aliphatic rings. The van der Waals surface area contributed by atoms with Gasteiger partial charge >= 0.3 is 5.97 Å². The Labute approximate surface area is 216 Å². The highest BCUT2D eigenvalue weighted by atomic mass is 16.5. The standard InChI is InChI=1S/C30H29N3O4/c1-4-19-36-27-17-11-25(12-18-27)30(35)37-28-15-7-23(8-16-28)20-31-32-29(34)24-9-13-26(14-10-24)33-21(2)5-6-22(33)3/h5-18,20H,4,19H2,1-3H3,(H,32,34). The molecular weight excluding hydrogens is 466 g/mol. The summed E-state index contributed by atoms with van der Waals surface area (Å²) in [7, 11) is 0. The third-order valence-corrected chi connectivity index (χ3v) is 5.69. The fraction of sp³-hybridized carbons (Fsp3) is 0.167. The van der Waals surface area contributed by atoms with Gasteiger partial charge in [-0.1, -0.05) is 6.92 Å². The number of carbonyl (C=O) groups is 2. The number of ether oxygens (including phenoxy) is 2. The normalized spacial score (nSPS) is 10.9. The van der Waals surface area contributed by atoms with Crippen LogP contribution >= 0.6 is 0 Å². The molecule has 1 N–H and O–H groups in total. The second-order valence-electron chi connectivity index (χ2n) is 8.53. The Morgan fingerprint density at radius 3 is 2.03 bits per heavy atom. The van der Waals surface area contributed by atoms with Crippen molar-refractivity contribution in [3.8, 4) is 17.2 Å². The molecule has 188 valence electrons. The van der Waals surface area contributed by atoms with Gasteiger partial charge < -0.3 is 14.0 Å². The van der Waals surface area contributed by atoms with Gasteiger partial charge in [0, 0.05) is 22.6 Å². The largest absolute Gasteiger partial charge is 0.494 e. The summed E-state index contributed by atoms with van der Waals surface area (Å²) in [5, 5.41) is 4.04. The van der Waals surface area contributed by atoms with Gasteiger partial charge in [0.05, 0.1) is 18.4 Å². The summed E-state index contributed by atoms with van der Waals surface area (Å²) in [6.07, 6.45) is 2.44. The smallest absolute Gasteiger partial charge is 0.343 e. The molecule has 3 aromatic carbocycles. The Morgan fingerprint density at radius 1 is 0.811 bits per heavy atom. The lowest BCUT2D eigenvalue weighted by molar-refractivity contribution is 0.0734. The van der Waals surface area contributed by atoms with Gasteiger partial charge in [-0.15, -0.1) is 0 Å². The number of rotatable bonds is 9. The van der Waals surface area contributed by atoms with Gasteiger partial charge in [-0.2, -0.15) is 5.10 Å². The molecule has 0 unspecified atom stereocenters. The maximum atomic E-state index is 12.5. The van der Waals surface area contributed by atoms with E-state index in [4.69, 9.17) is 9.47 Å². The third-order valence-electron chi connectivity index (χ3n) is 5.69. The van der Waals surface area contributed by atoms with Crippen molar-refractivity contribution in [1.82, 2.24) is 9.99 Å². The van der Waals surface area contributed by atoms with Crippen molar-refractivity contribution < 1.29 is 19.1 Å². The summed E-state index contributed by atoms with van der Waals surface area (Å²) in [6.45, 7) is 6.75. The second-order valence-corrected chi connectivity index (χ2v) is 8.53. The average Bonchev–Trinajstić information content (AvgIpc) is 3.26. The highest BCUT2D eigenvalue weighted by Crippen LogP contribution is 2.18. The molecule has 37 heavy (non-hydrogen) atoms. The van der Waals surface area contributed by atoms with Crippen molar-refractivity contribution >= 4 is 18.1 Å². The molecule has 1 aromatic heterocycles. The Hall–Kier alpha value is -4.65. The minimum Gasteiger partial charge on any atom is -0.494 e. The van der Waals surface area contributed by atoms with Crippen molar-refractivity contribution in [3.05, 3.63) is 113 Å². The number of benzene rings is 3. The molecule has 0 spiro atoms. The van der Waals surface area contributed by atoms with E-state index in [1.54, 1.807) is 60.7 Å². The number of carbonyl (C=O) groups excluding carboxylic acids is 2. The van der Waals surface area contributed by atoms with Gasteiger partial charge in [0.25, 0.3) is 5.91 Å². The molecule has 0 fully saturated rings. The zero-order valence-corrected chi connectivity index (χ0v) is 21.1. The minimum atomic E-state index is -0.455. The number of aromatic nitrogens is 1. The molecule has 4 rings (SSSR count). The first-order valence-electron chi connectivity index (χ1n) is 12.1. The summed E-state index contributed by atoms with van der Waals surface area (Å²) in [4.78, 5) is 24.8. The molecule has 7 nitrogen and oxygen atoms in total. The van der Waals surface area contributed by atoms with E-state index in [-0.39, 0.29) is 5.91 Å². The first kappa shape index (κ1) is 25.4. The van der Waals surface area contributed by atoms with Crippen molar-refractivity contribution in [2.45, 2.75) is 27.2 Å². The maximum Gasteiger partial charge on any atom is 0.343 e. The van der Waals surface area contributed by atoms with E-state index in [0.29, 0.717) is 29.2 Å². The summed E-state index contributed by atoms with van der Waals surface area (Å²) in [5.74, 6) is 0.364. The van der Waals surface area contributed by atoms with Gasteiger partial charge in [0.2, 0.25) is 0 Å². The molecule has 0 saturated carbocycles. The van der Waals surface area contributed by atoms with Crippen LogP contribution in [0.2, 0.25) is 0 Å². The Morgan fingerprint density at radius 2 is 1.41 bits per heavy atom. The molecule has 0 aliphatic carbocycles. The van der Waals surface area contributed by atoms with Gasteiger partial charge in [0.1, 0.15) is 11.5 Å². The molecule has 0 radical (unpaired) electrons. The van der Waals surface area contributed by atoms with Crippen molar-refractivity contribution in [1.29, 1.82) is 0 Å². The SMILES string of the molecule is CCCOc1ccc(C(=O)Oc2ccc(C=NNC(=O)c3ccc(-n4c(C)ccc4C)cc3)cc2)cc1. The number of amides is 1. The van der Waals surface area contributed by atoms with Gasteiger partial charge in [-0.05, 0) is 111 Å². The molecule has 0 saturated heterocycles. The molecule has 0 aliphatic heterocycles. The second kappa shape index (κ2) is 11.9. The van der Waals surface area contributed by atoms with E-state index in [1.807, 2.05) is 32.9 Å². The summed E-state index contributed by atoms with van der Waals surface area (Å²) >= 11 is 0. The van der Waals surface area contributed by atoms with E-state index < -0.39 is 5.97 Å². The highest BCUT2D eigenvalue weighted by molar-refractivity contribution is 5.95. The van der Waals surface area contributed by atoms with Crippen LogP contribution < -0.4 is 14.9 Å². The fourth-order valence-corrected chi connectivity index (χ4v) is 3.76. The van der Waals surface area contributed by atoms with Crippen molar-refractivity contribution in [2.75, 3.05) is 6.61 Å². The fourth-order valence-electron chi connectivity index (χ4n) is 3.76. The Balaban J connectivity index is 1.29. The molecule has 0 atom stereocenters. The lowest BCUT2D eigenvalue weighted by Crippen LogP contribution is -2.17. The van der Waals surface area contributed by atoms with E-state index in [2.05, 4.69) is 27.2 Å². The molecule has 4 aromatic rings. The monoisotopic (exact) mass is 495 g/mol. The number of aryl methyl sites for hydroxylation is 2. The highest BCUT2D eigenvalue weighted by Gasteiger charge is 2.10. The van der Waals surface area contributed by atoms with Crippen LogP contribution in [-0.4, -0.2) is 29.3 Å².